The maximum Gasteiger partial charge on any atom is 0.416 e. The van der Waals surface area contributed by atoms with Gasteiger partial charge in [-0.25, -0.2) is 8.78 Å². The molecule has 0 bridgehead atoms. The number of Topliss-reactive ketones (excluding diaryl/α,β-unsaturated/α-hetero) is 1. The fraction of sp³-hybridized carbons (Fsp3) is 0.296. The molecule has 0 saturated heterocycles. The van der Waals surface area contributed by atoms with Crippen molar-refractivity contribution in [3.05, 3.63) is 94.6 Å². The summed E-state index contributed by atoms with van der Waals surface area (Å²) < 4.78 is 66.5. The van der Waals surface area contributed by atoms with Crippen molar-refractivity contribution in [1.29, 1.82) is 0 Å². The summed E-state index contributed by atoms with van der Waals surface area (Å²) in [6, 6.07) is 13.5. The minimum Gasteiger partial charge on any atom is -0.299 e. The maximum absolute atomic E-state index is 14.3. The second-order valence-electron chi connectivity index (χ2n) is 8.74. The summed E-state index contributed by atoms with van der Waals surface area (Å²) in [7, 11) is 0. The van der Waals surface area contributed by atoms with Crippen LogP contribution in [0.1, 0.15) is 55.4 Å². The van der Waals surface area contributed by atoms with Crippen molar-refractivity contribution in [1.82, 2.24) is 0 Å². The normalized spacial score (nSPS) is 12.8. The molecule has 174 valence electrons. The van der Waals surface area contributed by atoms with Gasteiger partial charge in [-0.15, -0.1) is 0 Å². The Balaban J connectivity index is 2.09. The average molecular weight is 460 g/mol. The molecular formula is C27H25F5O. The van der Waals surface area contributed by atoms with E-state index in [2.05, 4.69) is 0 Å². The lowest BCUT2D eigenvalue weighted by atomic mass is 9.84. The van der Waals surface area contributed by atoms with Crippen LogP contribution in [0.2, 0.25) is 0 Å². The zero-order chi connectivity index (χ0) is 24.3. The van der Waals surface area contributed by atoms with E-state index in [1.807, 2.05) is 26.0 Å². The molecule has 1 unspecified atom stereocenters. The van der Waals surface area contributed by atoms with E-state index in [1.165, 1.54) is 31.2 Å². The molecule has 0 N–H and O–H groups in total. The molecule has 0 aliphatic carbocycles. The van der Waals surface area contributed by atoms with Crippen LogP contribution in [0.4, 0.5) is 22.0 Å². The summed E-state index contributed by atoms with van der Waals surface area (Å²) in [5.41, 5.74) is 2.13. The van der Waals surface area contributed by atoms with E-state index in [4.69, 9.17) is 0 Å². The molecule has 1 nitrogen and oxygen atoms in total. The summed E-state index contributed by atoms with van der Waals surface area (Å²) >= 11 is 0. The molecule has 0 aliphatic heterocycles. The molecule has 0 saturated carbocycles. The summed E-state index contributed by atoms with van der Waals surface area (Å²) in [5.74, 6) is -1.53. The van der Waals surface area contributed by atoms with Crippen LogP contribution in [0.5, 0.6) is 0 Å². The lowest BCUT2D eigenvalue weighted by molar-refractivity contribution is -0.137. The van der Waals surface area contributed by atoms with Crippen LogP contribution < -0.4 is 0 Å². The van der Waals surface area contributed by atoms with E-state index in [9.17, 15) is 26.7 Å². The van der Waals surface area contributed by atoms with E-state index in [0.29, 0.717) is 23.1 Å². The molecule has 6 heteroatoms. The Kier molecular flexibility index (Phi) is 7.35. The Morgan fingerprint density at radius 3 is 2.09 bits per heavy atom. The third-order valence-electron chi connectivity index (χ3n) is 5.57. The first-order chi connectivity index (χ1) is 15.4. The van der Waals surface area contributed by atoms with Crippen molar-refractivity contribution in [2.75, 3.05) is 0 Å². The number of hydrogen-bond donors (Lipinski definition) is 0. The van der Waals surface area contributed by atoms with Gasteiger partial charge in [-0.3, -0.25) is 4.79 Å². The Bertz CT molecular complexity index is 1130. The molecule has 0 radical (unpaired) electrons. The van der Waals surface area contributed by atoms with Gasteiger partial charge in [0.15, 0.2) is 0 Å². The fourth-order valence-electron chi connectivity index (χ4n) is 3.93. The highest BCUT2D eigenvalue weighted by atomic mass is 19.4. The van der Waals surface area contributed by atoms with Gasteiger partial charge in [-0.2, -0.15) is 13.2 Å². The predicted octanol–water partition coefficient (Wildman–Crippen LogP) is 7.96. The molecule has 0 fully saturated rings. The number of benzene rings is 3. The van der Waals surface area contributed by atoms with Gasteiger partial charge in [-0.05, 0) is 65.3 Å². The predicted molar refractivity (Wildman–Crippen MR) is 119 cm³/mol. The van der Waals surface area contributed by atoms with Crippen molar-refractivity contribution >= 4 is 5.78 Å². The molecule has 3 aromatic rings. The zero-order valence-electron chi connectivity index (χ0n) is 18.6. The smallest absolute Gasteiger partial charge is 0.299 e. The van der Waals surface area contributed by atoms with Crippen molar-refractivity contribution in [2.24, 2.45) is 5.92 Å². The standard InChI is InChI=1S/C27H25F5O/c1-16(2)10-25(17(3)33)22-13-18(11-20-6-9-24(28)15-26(20)29)12-21(14-22)19-4-7-23(8-5-19)27(30,31)32/h4-9,12-16,25H,10-11H2,1-3H3. The Hall–Kier alpha value is -3.02. The van der Waals surface area contributed by atoms with E-state index in [-0.39, 0.29) is 23.7 Å². The summed E-state index contributed by atoms with van der Waals surface area (Å²) in [4.78, 5) is 12.4. The first-order valence-electron chi connectivity index (χ1n) is 10.7. The van der Waals surface area contributed by atoms with E-state index in [0.717, 1.165) is 23.8 Å². The van der Waals surface area contributed by atoms with Crippen molar-refractivity contribution < 1.29 is 26.7 Å². The quantitative estimate of drug-likeness (QED) is 0.327. The van der Waals surface area contributed by atoms with Gasteiger partial charge >= 0.3 is 6.18 Å². The van der Waals surface area contributed by atoms with Crippen molar-refractivity contribution in [3.63, 3.8) is 0 Å². The van der Waals surface area contributed by atoms with Crippen LogP contribution in [0.3, 0.4) is 0 Å². The second kappa shape index (κ2) is 9.86. The zero-order valence-corrected chi connectivity index (χ0v) is 18.6. The first-order valence-corrected chi connectivity index (χ1v) is 10.7. The molecule has 3 aromatic carbocycles. The van der Waals surface area contributed by atoms with Crippen LogP contribution >= 0.6 is 0 Å². The Labute approximate surface area is 190 Å². The molecule has 33 heavy (non-hydrogen) atoms. The molecular weight excluding hydrogens is 435 g/mol. The van der Waals surface area contributed by atoms with Gasteiger partial charge in [0.05, 0.1) is 5.56 Å². The minimum absolute atomic E-state index is 0.0211. The first kappa shape index (κ1) is 24.6. The topological polar surface area (TPSA) is 17.1 Å². The largest absolute Gasteiger partial charge is 0.416 e. The molecule has 0 aromatic heterocycles. The van der Waals surface area contributed by atoms with E-state index in [1.54, 1.807) is 6.07 Å². The number of rotatable bonds is 7. The van der Waals surface area contributed by atoms with Gasteiger partial charge in [0.1, 0.15) is 17.4 Å². The lowest BCUT2D eigenvalue weighted by Crippen LogP contribution is -2.12. The van der Waals surface area contributed by atoms with Crippen molar-refractivity contribution in [2.45, 2.75) is 45.7 Å². The van der Waals surface area contributed by atoms with Crippen LogP contribution in [-0.2, 0) is 17.4 Å². The Morgan fingerprint density at radius 1 is 0.879 bits per heavy atom. The molecule has 0 amide bonds. The van der Waals surface area contributed by atoms with E-state index >= 15 is 0 Å². The van der Waals surface area contributed by atoms with E-state index < -0.39 is 29.3 Å². The van der Waals surface area contributed by atoms with Crippen LogP contribution in [-0.4, -0.2) is 5.78 Å². The highest BCUT2D eigenvalue weighted by molar-refractivity contribution is 5.84. The monoisotopic (exact) mass is 460 g/mol. The number of halogens is 5. The van der Waals surface area contributed by atoms with Gasteiger partial charge in [0.2, 0.25) is 0 Å². The van der Waals surface area contributed by atoms with Crippen LogP contribution in [0.15, 0.2) is 60.7 Å². The molecule has 0 heterocycles. The highest BCUT2D eigenvalue weighted by Crippen LogP contribution is 2.34. The third kappa shape index (κ3) is 6.28. The van der Waals surface area contributed by atoms with Gasteiger partial charge in [0, 0.05) is 18.4 Å². The number of carbonyl (C=O) groups is 1. The minimum atomic E-state index is -4.44. The van der Waals surface area contributed by atoms with Crippen LogP contribution in [0.25, 0.3) is 11.1 Å². The highest BCUT2D eigenvalue weighted by Gasteiger charge is 2.30. The molecule has 1 atom stereocenters. The SMILES string of the molecule is CC(=O)C(CC(C)C)c1cc(Cc2ccc(F)cc2F)cc(-c2ccc(C(F)(F)F)cc2)c1. The van der Waals surface area contributed by atoms with Crippen molar-refractivity contribution in [3.8, 4) is 11.1 Å². The number of hydrogen-bond acceptors (Lipinski definition) is 1. The summed E-state index contributed by atoms with van der Waals surface area (Å²) in [6.07, 6.45) is -3.68. The van der Waals surface area contributed by atoms with Gasteiger partial charge in [-0.1, -0.05) is 50.2 Å². The summed E-state index contributed by atoms with van der Waals surface area (Å²) in [6.45, 7) is 5.52. The third-order valence-corrected chi connectivity index (χ3v) is 5.57. The summed E-state index contributed by atoms with van der Waals surface area (Å²) in [5, 5.41) is 0. The fourth-order valence-corrected chi connectivity index (χ4v) is 3.93. The number of ketones is 1. The maximum atomic E-state index is 14.3. The van der Waals surface area contributed by atoms with Gasteiger partial charge < -0.3 is 0 Å². The number of alkyl halides is 3. The lowest BCUT2D eigenvalue weighted by Gasteiger charge is -2.19. The molecule has 0 spiro atoms. The number of carbonyl (C=O) groups excluding carboxylic acids is 1. The van der Waals surface area contributed by atoms with Crippen LogP contribution in [0, 0.1) is 17.6 Å². The molecule has 3 rings (SSSR count). The Morgan fingerprint density at radius 2 is 1.55 bits per heavy atom. The molecule has 0 aliphatic rings. The second-order valence-corrected chi connectivity index (χ2v) is 8.74. The van der Waals surface area contributed by atoms with Gasteiger partial charge in [0.25, 0.3) is 0 Å². The average Bonchev–Trinajstić information content (AvgIpc) is 2.73.